The predicted octanol–water partition coefficient (Wildman–Crippen LogP) is 5.64. The molecule has 5 rings (SSSR count). The van der Waals surface area contributed by atoms with Crippen LogP contribution in [0.25, 0.3) is 22.8 Å². The summed E-state index contributed by atoms with van der Waals surface area (Å²) >= 11 is 1.59. The van der Waals surface area contributed by atoms with Crippen molar-refractivity contribution in [2.24, 2.45) is 0 Å². The first kappa shape index (κ1) is 20.8. The third-order valence-electron chi connectivity index (χ3n) is 5.36. The zero-order valence-corrected chi connectivity index (χ0v) is 18.3. The van der Waals surface area contributed by atoms with Crippen LogP contribution in [0, 0.1) is 18.6 Å². The Morgan fingerprint density at radius 2 is 1.94 bits per heavy atom. The SMILES string of the molecule is Cc1ccc(-c2noc(CCCSc3nnc(-c4ccccc4F)n3C3CC3)n2)cc1F. The van der Waals surface area contributed by atoms with Gasteiger partial charge in [0.25, 0.3) is 0 Å². The van der Waals surface area contributed by atoms with Crippen LogP contribution in [0.4, 0.5) is 8.78 Å². The number of benzene rings is 2. The minimum absolute atomic E-state index is 0.292. The van der Waals surface area contributed by atoms with Gasteiger partial charge in [0.2, 0.25) is 11.7 Å². The molecule has 2 aromatic carbocycles. The molecule has 0 spiro atoms. The molecular formula is C23H21F2N5OS. The third kappa shape index (κ3) is 4.29. The Labute approximate surface area is 188 Å². The summed E-state index contributed by atoms with van der Waals surface area (Å²) in [4.78, 5) is 4.38. The van der Waals surface area contributed by atoms with Crippen LogP contribution >= 0.6 is 11.8 Å². The van der Waals surface area contributed by atoms with Gasteiger partial charge in [-0.3, -0.25) is 4.57 Å². The molecule has 1 fully saturated rings. The van der Waals surface area contributed by atoms with Crippen molar-refractivity contribution in [1.82, 2.24) is 24.9 Å². The largest absolute Gasteiger partial charge is 0.339 e. The highest BCUT2D eigenvalue weighted by atomic mass is 32.2. The fourth-order valence-corrected chi connectivity index (χ4v) is 4.40. The van der Waals surface area contributed by atoms with Crippen molar-refractivity contribution in [3.63, 3.8) is 0 Å². The van der Waals surface area contributed by atoms with Crippen molar-refractivity contribution in [3.05, 3.63) is 65.6 Å². The second-order valence-corrected chi connectivity index (χ2v) is 8.88. The van der Waals surface area contributed by atoms with Gasteiger partial charge in [-0.25, -0.2) is 8.78 Å². The maximum Gasteiger partial charge on any atom is 0.226 e. The average molecular weight is 454 g/mol. The summed E-state index contributed by atoms with van der Waals surface area (Å²) < 4.78 is 35.4. The van der Waals surface area contributed by atoms with E-state index in [1.165, 1.54) is 12.1 Å². The monoisotopic (exact) mass is 453 g/mol. The van der Waals surface area contributed by atoms with Crippen LogP contribution in [-0.4, -0.2) is 30.7 Å². The average Bonchev–Trinajstić information content (AvgIpc) is 3.37. The second kappa shape index (κ2) is 8.82. The van der Waals surface area contributed by atoms with Gasteiger partial charge in [-0.1, -0.05) is 41.2 Å². The lowest BCUT2D eigenvalue weighted by molar-refractivity contribution is 0.378. The molecule has 0 amide bonds. The first-order valence-electron chi connectivity index (χ1n) is 10.5. The Hall–Kier alpha value is -3.07. The summed E-state index contributed by atoms with van der Waals surface area (Å²) in [5.74, 6) is 1.67. The molecule has 0 N–H and O–H groups in total. The molecule has 0 aliphatic heterocycles. The molecule has 6 nitrogen and oxygen atoms in total. The van der Waals surface area contributed by atoms with Gasteiger partial charge in [0, 0.05) is 23.8 Å². The molecule has 9 heteroatoms. The van der Waals surface area contributed by atoms with Gasteiger partial charge in [-0.15, -0.1) is 10.2 Å². The van der Waals surface area contributed by atoms with Crippen molar-refractivity contribution in [1.29, 1.82) is 0 Å². The van der Waals surface area contributed by atoms with Crippen molar-refractivity contribution in [2.45, 2.75) is 43.8 Å². The maximum atomic E-state index is 14.3. The van der Waals surface area contributed by atoms with Gasteiger partial charge >= 0.3 is 0 Å². The van der Waals surface area contributed by atoms with E-state index < -0.39 is 0 Å². The fraction of sp³-hybridized carbons (Fsp3) is 0.304. The number of thioether (sulfide) groups is 1. The summed E-state index contributed by atoms with van der Waals surface area (Å²) in [6, 6.07) is 11.9. The minimum Gasteiger partial charge on any atom is -0.339 e. The highest BCUT2D eigenvalue weighted by molar-refractivity contribution is 7.99. The van der Waals surface area contributed by atoms with Crippen LogP contribution in [0.15, 0.2) is 52.1 Å². The van der Waals surface area contributed by atoms with Gasteiger partial charge in [0.05, 0.1) is 5.56 Å². The first-order chi connectivity index (χ1) is 15.6. The molecule has 1 aliphatic rings. The van der Waals surface area contributed by atoms with E-state index in [0.29, 0.717) is 46.7 Å². The summed E-state index contributed by atoms with van der Waals surface area (Å²) in [5, 5.41) is 13.4. The second-order valence-electron chi connectivity index (χ2n) is 7.81. The van der Waals surface area contributed by atoms with Gasteiger partial charge < -0.3 is 4.52 Å². The van der Waals surface area contributed by atoms with Crippen LogP contribution in [0.1, 0.15) is 36.8 Å². The zero-order chi connectivity index (χ0) is 22.1. The molecule has 0 atom stereocenters. The number of nitrogens with zero attached hydrogens (tertiary/aromatic N) is 5. The molecule has 2 aromatic heterocycles. The van der Waals surface area contributed by atoms with E-state index in [9.17, 15) is 8.78 Å². The highest BCUT2D eigenvalue weighted by Crippen LogP contribution is 2.41. The highest BCUT2D eigenvalue weighted by Gasteiger charge is 2.30. The number of rotatable bonds is 8. The van der Waals surface area contributed by atoms with Gasteiger partial charge in [0.1, 0.15) is 11.6 Å². The van der Waals surface area contributed by atoms with Crippen LogP contribution < -0.4 is 0 Å². The molecule has 4 aromatic rings. The predicted molar refractivity (Wildman–Crippen MR) is 117 cm³/mol. The normalized spacial score (nSPS) is 13.6. The lowest BCUT2D eigenvalue weighted by Crippen LogP contribution is -2.01. The summed E-state index contributed by atoms with van der Waals surface area (Å²) in [5.41, 5.74) is 1.65. The lowest BCUT2D eigenvalue weighted by atomic mass is 10.1. The lowest BCUT2D eigenvalue weighted by Gasteiger charge is -2.09. The topological polar surface area (TPSA) is 69.6 Å². The van der Waals surface area contributed by atoms with Crippen LogP contribution in [0.2, 0.25) is 0 Å². The molecule has 0 bridgehead atoms. The number of halogens is 2. The molecule has 0 unspecified atom stereocenters. The van der Waals surface area contributed by atoms with E-state index in [1.54, 1.807) is 49.0 Å². The van der Waals surface area contributed by atoms with E-state index in [2.05, 4.69) is 24.9 Å². The maximum absolute atomic E-state index is 14.3. The fourth-order valence-electron chi connectivity index (χ4n) is 3.46. The standard InChI is InChI=1S/C23H21F2N5OS/c1-14-8-9-15(13-19(14)25)21-26-20(31-29-21)7-4-12-32-23-28-27-22(30(23)16-10-11-16)17-5-2-3-6-18(17)24/h2-3,5-6,8-9,13,16H,4,7,10-12H2,1H3. The smallest absolute Gasteiger partial charge is 0.226 e. The van der Waals surface area contributed by atoms with E-state index in [1.807, 2.05) is 0 Å². The van der Waals surface area contributed by atoms with Crippen molar-refractivity contribution < 1.29 is 13.3 Å². The van der Waals surface area contributed by atoms with Crippen molar-refractivity contribution in [2.75, 3.05) is 5.75 Å². The summed E-state index contributed by atoms with van der Waals surface area (Å²) in [6.07, 6.45) is 3.50. The summed E-state index contributed by atoms with van der Waals surface area (Å²) in [7, 11) is 0. The molecule has 164 valence electrons. The third-order valence-corrected chi connectivity index (χ3v) is 6.38. The number of aromatic nitrogens is 5. The van der Waals surface area contributed by atoms with E-state index >= 15 is 0 Å². The van der Waals surface area contributed by atoms with Crippen LogP contribution in [0.5, 0.6) is 0 Å². The molecule has 2 heterocycles. The Morgan fingerprint density at radius 3 is 2.72 bits per heavy atom. The quantitative estimate of drug-likeness (QED) is 0.254. The van der Waals surface area contributed by atoms with Crippen LogP contribution in [0.3, 0.4) is 0 Å². The van der Waals surface area contributed by atoms with Gasteiger partial charge in [0.15, 0.2) is 11.0 Å². The van der Waals surface area contributed by atoms with E-state index in [4.69, 9.17) is 4.52 Å². The molecule has 1 aliphatic carbocycles. The van der Waals surface area contributed by atoms with Gasteiger partial charge in [-0.05, 0) is 49.9 Å². The number of aryl methyl sites for hydroxylation is 2. The van der Waals surface area contributed by atoms with Crippen molar-refractivity contribution in [3.8, 4) is 22.8 Å². The Morgan fingerprint density at radius 1 is 1.09 bits per heavy atom. The number of hydrogen-bond donors (Lipinski definition) is 0. The first-order valence-corrected chi connectivity index (χ1v) is 11.5. The number of hydrogen-bond acceptors (Lipinski definition) is 6. The Kier molecular flexibility index (Phi) is 5.73. The van der Waals surface area contributed by atoms with Gasteiger partial charge in [-0.2, -0.15) is 4.98 Å². The molecule has 0 saturated heterocycles. The Bertz CT molecular complexity index is 1250. The Balaban J connectivity index is 1.22. The zero-order valence-electron chi connectivity index (χ0n) is 17.5. The van der Waals surface area contributed by atoms with E-state index in [-0.39, 0.29) is 11.6 Å². The molecule has 1 saturated carbocycles. The van der Waals surface area contributed by atoms with Crippen molar-refractivity contribution >= 4 is 11.8 Å². The molecule has 0 radical (unpaired) electrons. The van der Waals surface area contributed by atoms with E-state index in [0.717, 1.165) is 30.2 Å². The molecule has 32 heavy (non-hydrogen) atoms. The molecular weight excluding hydrogens is 432 g/mol. The van der Waals surface area contributed by atoms with Crippen LogP contribution in [-0.2, 0) is 6.42 Å². The summed E-state index contributed by atoms with van der Waals surface area (Å²) in [6.45, 7) is 1.71. The minimum atomic E-state index is -0.293.